The van der Waals surface area contributed by atoms with Gasteiger partial charge in [0.2, 0.25) is 9.05 Å². The first-order valence-electron chi connectivity index (χ1n) is 4.42. The lowest BCUT2D eigenvalue weighted by Crippen LogP contribution is -2.10. The molecule has 0 aromatic carbocycles. The van der Waals surface area contributed by atoms with Crippen molar-refractivity contribution in [2.75, 3.05) is 0 Å². The molecule has 4 heteroatoms. The van der Waals surface area contributed by atoms with Gasteiger partial charge in [-0.25, -0.2) is 8.42 Å². The van der Waals surface area contributed by atoms with Crippen LogP contribution >= 0.6 is 10.7 Å². The second-order valence-electron chi connectivity index (χ2n) is 3.14. The minimum Gasteiger partial charge on any atom is -0.212 e. The van der Waals surface area contributed by atoms with Crippen molar-refractivity contribution in [2.45, 2.75) is 51.2 Å². The molecule has 12 heavy (non-hydrogen) atoms. The van der Waals surface area contributed by atoms with Crippen LogP contribution in [0.1, 0.15) is 46.0 Å². The van der Waals surface area contributed by atoms with E-state index >= 15 is 0 Å². The summed E-state index contributed by atoms with van der Waals surface area (Å²) in [5, 5.41) is -0.393. The van der Waals surface area contributed by atoms with Crippen LogP contribution in [-0.2, 0) is 9.05 Å². The van der Waals surface area contributed by atoms with E-state index in [9.17, 15) is 8.42 Å². The third-order valence-electron chi connectivity index (χ3n) is 1.94. The predicted molar refractivity (Wildman–Crippen MR) is 53.0 cm³/mol. The van der Waals surface area contributed by atoms with Crippen LogP contribution in [0, 0.1) is 0 Å². The Morgan fingerprint density at radius 2 is 1.83 bits per heavy atom. The van der Waals surface area contributed by atoms with Gasteiger partial charge in [-0.3, -0.25) is 0 Å². The van der Waals surface area contributed by atoms with Crippen LogP contribution in [0.25, 0.3) is 0 Å². The monoisotopic (exact) mass is 212 g/mol. The lowest BCUT2D eigenvalue weighted by Gasteiger charge is -2.05. The maximum atomic E-state index is 10.8. The van der Waals surface area contributed by atoms with Crippen LogP contribution in [0.3, 0.4) is 0 Å². The molecule has 0 aromatic heterocycles. The molecule has 74 valence electrons. The van der Waals surface area contributed by atoms with E-state index < -0.39 is 14.3 Å². The Hall–Kier alpha value is 0.240. The van der Waals surface area contributed by atoms with Crippen molar-refractivity contribution in [1.29, 1.82) is 0 Å². The van der Waals surface area contributed by atoms with Crippen LogP contribution in [0.5, 0.6) is 0 Å². The van der Waals surface area contributed by atoms with Gasteiger partial charge in [0, 0.05) is 10.7 Å². The lowest BCUT2D eigenvalue weighted by atomic mass is 10.1. The Balaban J connectivity index is 3.52. The van der Waals surface area contributed by atoms with Crippen LogP contribution in [0.15, 0.2) is 0 Å². The first-order chi connectivity index (χ1) is 5.48. The fourth-order valence-electron chi connectivity index (χ4n) is 0.999. The van der Waals surface area contributed by atoms with E-state index in [-0.39, 0.29) is 0 Å². The largest absolute Gasteiger partial charge is 0.235 e. The van der Waals surface area contributed by atoms with Crippen LogP contribution in [-0.4, -0.2) is 13.7 Å². The second-order valence-corrected chi connectivity index (χ2v) is 6.18. The molecule has 0 radical (unpaired) electrons. The Morgan fingerprint density at radius 1 is 1.25 bits per heavy atom. The van der Waals surface area contributed by atoms with Gasteiger partial charge in [0.1, 0.15) is 0 Å². The van der Waals surface area contributed by atoms with Gasteiger partial charge in [0.15, 0.2) is 0 Å². The Kier molecular flexibility index (Phi) is 5.93. The molecular formula is C8H17ClO2S. The summed E-state index contributed by atoms with van der Waals surface area (Å²) >= 11 is 0. The first-order valence-corrected chi connectivity index (χ1v) is 6.79. The van der Waals surface area contributed by atoms with Gasteiger partial charge in [0.05, 0.1) is 5.25 Å². The molecular weight excluding hydrogens is 196 g/mol. The predicted octanol–water partition coefficient (Wildman–Crippen LogP) is 2.91. The molecule has 0 heterocycles. The first kappa shape index (κ1) is 12.2. The highest BCUT2D eigenvalue weighted by atomic mass is 35.7. The van der Waals surface area contributed by atoms with Crippen molar-refractivity contribution < 1.29 is 8.42 Å². The number of unbranched alkanes of at least 4 members (excludes halogenated alkanes) is 3. The van der Waals surface area contributed by atoms with Crippen molar-refractivity contribution >= 4 is 19.7 Å². The van der Waals surface area contributed by atoms with E-state index in [1.165, 1.54) is 12.8 Å². The molecule has 0 aromatic rings. The van der Waals surface area contributed by atoms with Gasteiger partial charge < -0.3 is 0 Å². The summed E-state index contributed by atoms with van der Waals surface area (Å²) in [5.41, 5.74) is 0. The molecule has 2 nitrogen and oxygen atoms in total. The molecule has 0 bridgehead atoms. The van der Waals surface area contributed by atoms with Gasteiger partial charge in [-0.15, -0.1) is 0 Å². The summed E-state index contributed by atoms with van der Waals surface area (Å²) in [6, 6.07) is 0. The highest BCUT2D eigenvalue weighted by Crippen LogP contribution is 2.14. The molecule has 0 saturated carbocycles. The lowest BCUT2D eigenvalue weighted by molar-refractivity contribution is 0.575. The average molecular weight is 213 g/mol. The number of rotatable bonds is 6. The van der Waals surface area contributed by atoms with Gasteiger partial charge in [-0.1, -0.05) is 32.6 Å². The van der Waals surface area contributed by atoms with Crippen LogP contribution in [0.2, 0.25) is 0 Å². The maximum Gasteiger partial charge on any atom is 0.235 e. The summed E-state index contributed by atoms with van der Waals surface area (Å²) in [6.07, 6.45) is 5.09. The van der Waals surface area contributed by atoms with Crippen molar-refractivity contribution in [1.82, 2.24) is 0 Å². The molecule has 0 unspecified atom stereocenters. The number of halogens is 1. The zero-order valence-electron chi connectivity index (χ0n) is 7.72. The second kappa shape index (κ2) is 5.81. The molecule has 0 spiro atoms. The van der Waals surface area contributed by atoms with Gasteiger partial charge >= 0.3 is 0 Å². The minimum atomic E-state index is -3.32. The SMILES string of the molecule is CCCCCC[C@@H](C)S(=O)(=O)Cl. The summed E-state index contributed by atoms with van der Waals surface area (Å²) < 4.78 is 21.5. The molecule has 0 aliphatic rings. The van der Waals surface area contributed by atoms with E-state index in [2.05, 4.69) is 6.92 Å². The van der Waals surface area contributed by atoms with E-state index in [0.717, 1.165) is 12.8 Å². The Bertz CT molecular complexity index is 199. The van der Waals surface area contributed by atoms with Crippen molar-refractivity contribution in [3.63, 3.8) is 0 Å². The highest BCUT2D eigenvalue weighted by molar-refractivity contribution is 8.14. The standard InChI is InChI=1S/C8H17ClO2S/c1-3-4-5-6-7-8(2)12(9,10)11/h8H,3-7H2,1-2H3/t8-/m1/s1. The smallest absolute Gasteiger partial charge is 0.212 e. The third-order valence-corrected chi connectivity index (χ3v) is 4.05. The molecule has 0 amide bonds. The van der Waals surface area contributed by atoms with Crippen molar-refractivity contribution in [3.05, 3.63) is 0 Å². The quantitative estimate of drug-likeness (QED) is 0.501. The highest BCUT2D eigenvalue weighted by Gasteiger charge is 2.16. The summed E-state index contributed by atoms with van der Waals surface area (Å²) in [4.78, 5) is 0. The third kappa shape index (κ3) is 5.84. The molecule has 0 fully saturated rings. The van der Waals surface area contributed by atoms with Crippen LogP contribution < -0.4 is 0 Å². The molecule has 0 aliphatic heterocycles. The van der Waals surface area contributed by atoms with Gasteiger partial charge in [0.25, 0.3) is 0 Å². The maximum absolute atomic E-state index is 10.8. The molecule has 0 N–H and O–H groups in total. The van der Waals surface area contributed by atoms with Crippen molar-refractivity contribution in [3.8, 4) is 0 Å². The zero-order chi connectivity index (χ0) is 9.61. The number of hydrogen-bond donors (Lipinski definition) is 0. The molecule has 1 atom stereocenters. The van der Waals surface area contributed by atoms with Crippen molar-refractivity contribution in [2.24, 2.45) is 0 Å². The van der Waals surface area contributed by atoms with Crippen LogP contribution in [0.4, 0.5) is 0 Å². The van der Waals surface area contributed by atoms with E-state index in [1.54, 1.807) is 6.92 Å². The fourth-order valence-corrected chi connectivity index (χ4v) is 1.71. The molecule has 0 rings (SSSR count). The summed E-state index contributed by atoms with van der Waals surface area (Å²) in [7, 11) is 1.85. The summed E-state index contributed by atoms with van der Waals surface area (Å²) in [5.74, 6) is 0. The number of hydrogen-bond acceptors (Lipinski definition) is 2. The minimum absolute atomic E-state index is 0.393. The van der Waals surface area contributed by atoms with E-state index in [1.807, 2.05) is 0 Å². The summed E-state index contributed by atoms with van der Waals surface area (Å²) in [6.45, 7) is 3.79. The zero-order valence-corrected chi connectivity index (χ0v) is 9.29. The van der Waals surface area contributed by atoms with Gasteiger partial charge in [-0.2, -0.15) is 0 Å². The topological polar surface area (TPSA) is 34.1 Å². The fraction of sp³-hybridized carbons (Fsp3) is 1.00. The molecule has 0 saturated heterocycles. The van der Waals surface area contributed by atoms with Gasteiger partial charge in [-0.05, 0) is 13.3 Å². The van der Waals surface area contributed by atoms with E-state index in [4.69, 9.17) is 10.7 Å². The Morgan fingerprint density at radius 3 is 2.25 bits per heavy atom. The normalized spacial score (nSPS) is 14.6. The molecule has 0 aliphatic carbocycles. The Labute approximate surface area is 79.7 Å². The van der Waals surface area contributed by atoms with E-state index in [0.29, 0.717) is 6.42 Å². The average Bonchev–Trinajstić information content (AvgIpc) is 1.96.